The molecule has 24 heavy (non-hydrogen) atoms. The molecule has 2 N–H and O–H groups in total. The van der Waals surface area contributed by atoms with Crippen molar-refractivity contribution in [2.45, 2.75) is 13.0 Å². The van der Waals surface area contributed by atoms with E-state index in [0.29, 0.717) is 12.5 Å². The monoisotopic (exact) mass is 352 g/mol. The van der Waals surface area contributed by atoms with Crippen molar-refractivity contribution in [2.24, 2.45) is 10.9 Å². The largest absolute Gasteiger partial charge is 0.381 e. The average molecular weight is 352 g/mol. The standard InChI is InChI=1S/C16H24N4O3S/c1-24-9-7-17-16(19-11-14-6-8-23-12-14)18-10-13-2-4-15(5-3-13)20(21)22/h2-5,14H,6-12H2,1H3,(H2,17,18,19). The van der Waals surface area contributed by atoms with Crippen LogP contribution in [0.4, 0.5) is 5.69 Å². The first-order valence-electron chi connectivity index (χ1n) is 8.01. The topological polar surface area (TPSA) is 88.8 Å². The van der Waals surface area contributed by atoms with E-state index in [2.05, 4.69) is 21.9 Å². The van der Waals surface area contributed by atoms with E-state index in [4.69, 9.17) is 4.74 Å². The predicted molar refractivity (Wildman–Crippen MR) is 97.5 cm³/mol. The predicted octanol–water partition coefficient (Wildman–Crippen LogP) is 2.03. The van der Waals surface area contributed by atoms with Gasteiger partial charge in [0.2, 0.25) is 0 Å². The lowest BCUT2D eigenvalue weighted by molar-refractivity contribution is -0.384. The number of guanidine groups is 1. The van der Waals surface area contributed by atoms with Gasteiger partial charge in [-0.15, -0.1) is 0 Å². The van der Waals surface area contributed by atoms with Gasteiger partial charge in [-0.3, -0.25) is 10.1 Å². The molecule has 1 aromatic rings. The Labute approximate surface area is 146 Å². The molecule has 1 saturated heterocycles. The molecule has 1 fully saturated rings. The molecular weight excluding hydrogens is 328 g/mol. The van der Waals surface area contributed by atoms with Crippen molar-refractivity contribution in [2.75, 3.05) is 38.3 Å². The van der Waals surface area contributed by atoms with Crippen molar-refractivity contribution in [3.63, 3.8) is 0 Å². The normalized spacial score (nSPS) is 17.7. The van der Waals surface area contributed by atoms with Crippen LogP contribution in [0.1, 0.15) is 12.0 Å². The maximum atomic E-state index is 10.7. The molecular formula is C16H24N4O3S. The third kappa shape index (κ3) is 6.37. The van der Waals surface area contributed by atoms with Crippen LogP contribution in [0.15, 0.2) is 29.3 Å². The van der Waals surface area contributed by atoms with Crippen LogP contribution in [-0.2, 0) is 11.3 Å². The summed E-state index contributed by atoms with van der Waals surface area (Å²) in [6.07, 6.45) is 3.14. The number of non-ortho nitro benzene ring substituents is 1. The fourth-order valence-electron chi connectivity index (χ4n) is 2.32. The molecule has 0 aromatic heterocycles. The van der Waals surface area contributed by atoms with Crippen LogP contribution in [-0.4, -0.2) is 49.2 Å². The van der Waals surface area contributed by atoms with E-state index in [1.54, 1.807) is 23.9 Å². The zero-order chi connectivity index (χ0) is 17.2. The molecule has 0 bridgehead atoms. The first-order chi connectivity index (χ1) is 11.7. The Hall–Kier alpha value is -1.80. The molecule has 8 heteroatoms. The zero-order valence-electron chi connectivity index (χ0n) is 13.9. The SMILES string of the molecule is CSCCNC(=NCc1ccc([N+](=O)[O-])cc1)NCC1CCOC1. The molecule has 0 radical (unpaired) electrons. The van der Waals surface area contributed by atoms with Gasteiger partial charge in [0.1, 0.15) is 0 Å². The van der Waals surface area contributed by atoms with Gasteiger partial charge in [0.15, 0.2) is 5.96 Å². The lowest BCUT2D eigenvalue weighted by Gasteiger charge is -2.15. The van der Waals surface area contributed by atoms with E-state index < -0.39 is 4.92 Å². The van der Waals surface area contributed by atoms with Crippen LogP contribution in [0.2, 0.25) is 0 Å². The molecule has 1 aliphatic heterocycles. The molecule has 7 nitrogen and oxygen atoms in total. The summed E-state index contributed by atoms with van der Waals surface area (Å²) in [6, 6.07) is 6.50. The summed E-state index contributed by atoms with van der Waals surface area (Å²) in [4.78, 5) is 14.9. The fourth-order valence-corrected chi connectivity index (χ4v) is 2.63. The minimum atomic E-state index is -0.395. The van der Waals surface area contributed by atoms with E-state index in [1.807, 2.05) is 0 Å². The number of rotatable bonds is 8. The second-order valence-electron chi connectivity index (χ2n) is 5.62. The van der Waals surface area contributed by atoms with E-state index in [0.717, 1.165) is 50.0 Å². The minimum Gasteiger partial charge on any atom is -0.381 e. The van der Waals surface area contributed by atoms with Crippen molar-refractivity contribution in [3.8, 4) is 0 Å². The minimum absolute atomic E-state index is 0.0976. The van der Waals surface area contributed by atoms with E-state index in [9.17, 15) is 10.1 Å². The number of nitro benzene ring substituents is 1. The van der Waals surface area contributed by atoms with Gasteiger partial charge in [-0.25, -0.2) is 4.99 Å². The number of ether oxygens (including phenoxy) is 1. The maximum absolute atomic E-state index is 10.7. The van der Waals surface area contributed by atoms with Gasteiger partial charge in [-0.2, -0.15) is 11.8 Å². The van der Waals surface area contributed by atoms with E-state index in [1.165, 1.54) is 12.1 Å². The van der Waals surface area contributed by atoms with Crippen LogP contribution in [0, 0.1) is 16.0 Å². The summed E-state index contributed by atoms with van der Waals surface area (Å²) in [6.45, 7) is 3.79. The second kappa shape index (κ2) is 10.1. The van der Waals surface area contributed by atoms with Crippen molar-refractivity contribution in [3.05, 3.63) is 39.9 Å². The van der Waals surface area contributed by atoms with Gasteiger partial charge in [-0.05, 0) is 18.2 Å². The Bertz CT molecular complexity index is 545. The number of hydrogen-bond acceptors (Lipinski definition) is 5. The number of hydrogen-bond donors (Lipinski definition) is 2. The number of nitrogens with one attached hydrogen (secondary N) is 2. The molecule has 2 rings (SSSR count). The number of aliphatic imine (C=N–C) groups is 1. The number of thioether (sulfide) groups is 1. The van der Waals surface area contributed by atoms with E-state index in [-0.39, 0.29) is 5.69 Å². The van der Waals surface area contributed by atoms with Gasteiger partial charge < -0.3 is 15.4 Å². The third-order valence-corrected chi connectivity index (χ3v) is 4.36. The highest BCUT2D eigenvalue weighted by atomic mass is 32.2. The molecule has 0 spiro atoms. The molecule has 1 aliphatic rings. The van der Waals surface area contributed by atoms with Crippen LogP contribution in [0.25, 0.3) is 0 Å². The van der Waals surface area contributed by atoms with E-state index >= 15 is 0 Å². The second-order valence-corrected chi connectivity index (χ2v) is 6.60. The Morgan fingerprint density at radius 3 is 2.83 bits per heavy atom. The number of nitro groups is 1. The maximum Gasteiger partial charge on any atom is 0.269 e. The molecule has 132 valence electrons. The van der Waals surface area contributed by atoms with Crippen LogP contribution >= 0.6 is 11.8 Å². The Morgan fingerprint density at radius 2 is 2.21 bits per heavy atom. The van der Waals surface area contributed by atoms with Gasteiger partial charge >= 0.3 is 0 Å². The fraction of sp³-hybridized carbons (Fsp3) is 0.562. The summed E-state index contributed by atoms with van der Waals surface area (Å²) in [5, 5.41) is 17.4. The quantitative estimate of drug-likeness (QED) is 0.245. The third-order valence-electron chi connectivity index (χ3n) is 3.75. The van der Waals surface area contributed by atoms with Crippen molar-refractivity contribution in [1.82, 2.24) is 10.6 Å². The highest BCUT2D eigenvalue weighted by Gasteiger charge is 2.15. The smallest absolute Gasteiger partial charge is 0.269 e. The van der Waals surface area contributed by atoms with Crippen LogP contribution < -0.4 is 10.6 Å². The molecule has 0 aliphatic carbocycles. The summed E-state index contributed by atoms with van der Waals surface area (Å²) in [5.41, 5.74) is 1.04. The van der Waals surface area contributed by atoms with Gasteiger partial charge in [0, 0.05) is 43.5 Å². The van der Waals surface area contributed by atoms with Crippen LogP contribution in [0.5, 0.6) is 0 Å². The molecule has 0 saturated carbocycles. The average Bonchev–Trinajstić information content (AvgIpc) is 3.11. The summed E-state index contributed by atoms with van der Waals surface area (Å²) in [7, 11) is 0. The number of benzene rings is 1. The molecule has 1 atom stereocenters. The summed E-state index contributed by atoms with van der Waals surface area (Å²) in [5.74, 6) is 2.30. The van der Waals surface area contributed by atoms with Crippen LogP contribution in [0.3, 0.4) is 0 Å². The lowest BCUT2D eigenvalue weighted by atomic mass is 10.1. The number of nitrogens with zero attached hydrogens (tertiary/aromatic N) is 2. The lowest BCUT2D eigenvalue weighted by Crippen LogP contribution is -2.41. The Kier molecular flexibility index (Phi) is 7.84. The van der Waals surface area contributed by atoms with Crippen molar-refractivity contribution in [1.29, 1.82) is 0 Å². The summed E-state index contributed by atoms with van der Waals surface area (Å²) >= 11 is 1.78. The van der Waals surface area contributed by atoms with Gasteiger partial charge in [0.25, 0.3) is 5.69 Å². The highest BCUT2D eigenvalue weighted by Crippen LogP contribution is 2.13. The van der Waals surface area contributed by atoms with Crippen molar-refractivity contribution < 1.29 is 9.66 Å². The van der Waals surface area contributed by atoms with Gasteiger partial charge in [0.05, 0.1) is 18.1 Å². The Morgan fingerprint density at radius 1 is 1.42 bits per heavy atom. The molecule has 1 heterocycles. The first kappa shape index (κ1) is 18.5. The zero-order valence-corrected chi connectivity index (χ0v) is 14.7. The molecule has 1 aromatic carbocycles. The first-order valence-corrected chi connectivity index (χ1v) is 9.40. The summed E-state index contributed by atoms with van der Waals surface area (Å²) < 4.78 is 5.39. The Balaban J connectivity index is 1.90. The van der Waals surface area contributed by atoms with Crippen molar-refractivity contribution >= 4 is 23.4 Å². The molecule has 0 amide bonds. The highest BCUT2D eigenvalue weighted by molar-refractivity contribution is 7.98. The van der Waals surface area contributed by atoms with Gasteiger partial charge in [-0.1, -0.05) is 12.1 Å². The molecule has 1 unspecified atom stereocenters.